The van der Waals surface area contributed by atoms with Crippen LogP contribution in [0.25, 0.3) is 0 Å². The van der Waals surface area contributed by atoms with Crippen LogP contribution in [0.15, 0.2) is 36.9 Å². The molecule has 4 heteroatoms. The fraction of sp³-hybridized carbons (Fsp3) is 0.471. The zero-order valence-electron chi connectivity index (χ0n) is 12.3. The molecule has 0 amide bonds. The number of allylic oxidation sites excluding steroid dienone is 1. The molecular weight excluding hydrogens is 266 g/mol. The molecule has 21 heavy (non-hydrogen) atoms. The number of aromatic carboxylic acids is 1. The van der Waals surface area contributed by atoms with Crippen LogP contribution >= 0.6 is 0 Å². The Labute approximate surface area is 125 Å². The first-order chi connectivity index (χ1) is 10.1. The van der Waals surface area contributed by atoms with Crippen molar-refractivity contribution in [2.75, 3.05) is 19.7 Å². The molecule has 1 aromatic carbocycles. The van der Waals surface area contributed by atoms with Gasteiger partial charge in [0, 0.05) is 18.5 Å². The van der Waals surface area contributed by atoms with Gasteiger partial charge in [-0.1, -0.05) is 24.3 Å². The normalized spacial score (nSPS) is 22.9. The van der Waals surface area contributed by atoms with E-state index < -0.39 is 5.97 Å². The van der Waals surface area contributed by atoms with Gasteiger partial charge in [0.25, 0.3) is 0 Å². The van der Waals surface area contributed by atoms with Crippen molar-refractivity contribution in [3.05, 3.63) is 48.0 Å². The Morgan fingerprint density at radius 3 is 2.86 bits per heavy atom. The number of nitrogens with zero attached hydrogens (tertiary/aromatic N) is 1. The highest BCUT2D eigenvalue weighted by Gasteiger charge is 2.34. The molecule has 1 saturated heterocycles. The first-order valence-corrected chi connectivity index (χ1v) is 7.35. The molecule has 0 bridgehead atoms. The van der Waals surface area contributed by atoms with E-state index in [1.807, 2.05) is 18.2 Å². The minimum absolute atomic E-state index is 0.127. The maximum atomic E-state index is 11.3. The summed E-state index contributed by atoms with van der Waals surface area (Å²) in [5.41, 5.74) is 1.07. The van der Waals surface area contributed by atoms with Gasteiger partial charge < -0.3 is 10.2 Å². The molecule has 0 aromatic heterocycles. The number of rotatable bonds is 6. The average molecular weight is 289 g/mol. The summed E-state index contributed by atoms with van der Waals surface area (Å²) >= 11 is 0. The predicted molar refractivity (Wildman–Crippen MR) is 82.2 cm³/mol. The van der Waals surface area contributed by atoms with E-state index in [1.54, 1.807) is 12.1 Å². The minimum atomic E-state index is -0.887. The lowest BCUT2D eigenvalue weighted by Gasteiger charge is -2.41. The van der Waals surface area contributed by atoms with Gasteiger partial charge in [0.1, 0.15) is 0 Å². The number of hydrogen-bond acceptors (Lipinski definition) is 3. The van der Waals surface area contributed by atoms with Crippen LogP contribution in [0.1, 0.15) is 35.2 Å². The van der Waals surface area contributed by atoms with Crippen molar-refractivity contribution in [2.45, 2.75) is 25.8 Å². The van der Waals surface area contributed by atoms with Crippen molar-refractivity contribution in [3.8, 4) is 0 Å². The van der Waals surface area contributed by atoms with Crippen LogP contribution in [0.5, 0.6) is 0 Å². The molecule has 0 saturated carbocycles. The number of aliphatic hydroxyl groups excluding tert-OH is 1. The molecule has 114 valence electrons. The van der Waals surface area contributed by atoms with Gasteiger partial charge in [-0.05, 0) is 37.4 Å². The number of benzene rings is 1. The first kappa shape index (κ1) is 15.7. The molecule has 0 radical (unpaired) electrons. The Morgan fingerprint density at radius 2 is 2.19 bits per heavy atom. The Kier molecular flexibility index (Phi) is 5.15. The van der Waals surface area contributed by atoms with Gasteiger partial charge >= 0.3 is 5.97 Å². The second-order valence-corrected chi connectivity index (χ2v) is 5.93. The van der Waals surface area contributed by atoms with E-state index in [9.17, 15) is 15.0 Å². The summed E-state index contributed by atoms with van der Waals surface area (Å²) in [5, 5.41) is 19.0. The molecule has 2 N–H and O–H groups in total. The molecule has 1 fully saturated rings. The molecule has 0 spiro atoms. The number of aliphatic hydroxyl groups is 1. The number of piperidine rings is 1. The second kappa shape index (κ2) is 6.87. The summed E-state index contributed by atoms with van der Waals surface area (Å²) in [7, 11) is 0. The van der Waals surface area contributed by atoms with Crippen LogP contribution in [0, 0.1) is 5.41 Å². The molecule has 0 aliphatic carbocycles. The number of carboxylic acid groups (broad SMARTS) is 1. The van der Waals surface area contributed by atoms with Crippen LogP contribution in [-0.2, 0) is 6.54 Å². The molecule has 1 aromatic rings. The molecule has 1 heterocycles. The SMILES string of the molecule is C=CC[C@@]1(CO)CCCN(Cc2ccccc2C(=O)O)C1. The Hall–Kier alpha value is -1.65. The second-order valence-electron chi connectivity index (χ2n) is 5.93. The monoisotopic (exact) mass is 289 g/mol. The van der Waals surface area contributed by atoms with Gasteiger partial charge in [0.15, 0.2) is 0 Å². The lowest BCUT2D eigenvalue weighted by molar-refractivity contribution is 0.0306. The van der Waals surface area contributed by atoms with Crippen molar-refractivity contribution in [2.24, 2.45) is 5.41 Å². The maximum Gasteiger partial charge on any atom is 0.336 e. The van der Waals surface area contributed by atoms with Gasteiger partial charge in [-0.15, -0.1) is 6.58 Å². The third-order valence-corrected chi connectivity index (χ3v) is 4.29. The fourth-order valence-corrected chi connectivity index (χ4v) is 3.22. The maximum absolute atomic E-state index is 11.3. The smallest absolute Gasteiger partial charge is 0.336 e. The lowest BCUT2D eigenvalue weighted by Crippen LogP contribution is -2.44. The van der Waals surface area contributed by atoms with E-state index in [0.717, 1.165) is 37.9 Å². The summed E-state index contributed by atoms with van der Waals surface area (Å²) in [4.78, 5) is 13.5. The zero-order valence-corrected chi connectivity index (χ0v) is 12.3. The summed E-state index contributed by atoms with van der Waals surface area (Å²) < 4.78 is 0. The summed E-state index contributed by atoms with van der Waals surface area (Å²) in [6, 6.07) is 7.13. The van der Waals surface area contributed by atoms with Gasteiger partial charge in [-0.3, -0.25) is 4.90 Å². The van der Waals surface area contributed by atoms with Gasteiger partial charge in [-0.2, -0.15) is 0 Å². The van der Waals surface area contributed by atoms with Gasteiger partial charge in [-0.25, -0.2) is 4.79 Å². The molecule has 2 rings (SSSR count). The Bertz CT molecular complexity index is 515. The third-order valence-electron chi connectivity index (χ3n) is 4.29. The van der Waals surface area contributed by atoms with Crippen molar-refractivity contribution in [1.29, 1.82) is 0 Å². The molecular formula is C17H23NO3. The first-order valence-electron chi connectivity index (χ1n) is 7.35. The van der Waals surface area contributed by atoms with Crippen LogP contribution < -0.4 is 0 Å². The van der Waals surface area contributed by atoms with Gasteiger partial charge in [0.2, 0.25) is 0 Å². The summed E-state index contributed by atoms with van der Waals surface area (Å²) in [5.74, 6) is -0.887. The highest BCUT2D eigenvalue weighted by atomic mass is 16.4. The highest BCUT2D eigenvalue weighted by Crippen LogP contribution is 2.34. The number of hydrogen-bond donors (Lipinski definition) is 2. The van der Waals surface area contributed by atoms with E-state index in [4.69, 9.17) is 0 Å². The predicted octanol–water partition coefficient (Wildman–Crippen LogP) is 2.54. The third kappa shape index (κ3) is 3.71. The molecule has 1 aliphatic heterocycles. The topological polar surface area (TPSA) is 60.8 Å². The summed E-state index contributed by atoms with van der Waals surface area (Å²) in [6.07, 6.45) is 4.67. The molecule has 1 atom stereocenters. The van der Waals surface area contributed by atoms with E-state index in [-0.39, 0.29) is 12.0 Å². The lowest BCUT2D eigenvalue weighted by atomic mass is 9.77. The van der Waals surface area contributed by atoms with Crippen molar-refractivity contribution >= 4 is 5.97 Å². The van der Waals surface area contributed by atoms with Crippen molar-refractivity contribution in [3.63, 3.8) is 0 Å². The molecule has 0 unspecified atom stereocenters. The van der Waals surface area contributed by atoms with Crippen LogP contribution in [-0.4, -0.2) is 40.8 Å². The Morgan fingerprint density at radius 1 is 1.43 bits per heavy atom. The van der Waals surface area contributed by atoms with E-state index >= 15 is 0 Å². The van der Waals surface area contributed by atoms with Crippen molar-refractivity contribution in [1.82, 2.24) is 4.90 Å². The van der Waals surface area contributed by atoms with Crippen LogP contribution in [0.3, 0.4) is 0 Å². The Balaban J connectivity index is 2.13. The number of carboxylic acids is 1. The molecule has 4 nitrogen and oxygen atoms in total. The van der Waals surface area contributed by atoms with E-state index in [1.165, 1.54) is 0 Å². The highest BCUT2D eigenvalue weighted by molar-refractivity contribution is 5.89. The summed E-state index contributed by atoms with van der Waals surface area (Å²) in [6.45, 7) is 6.27. The average Bonchev–Trinajstić information content (AvgIpc) is 2.48. The molecule has 1 aliphatic rings. The fourth-order valence-electron chi connectivity index (χ4n) is 3.22. The number of likely N-dealkylation sites (tertiary alicyclic amines) is 1. The minimum Gasteiger partial charge on any atom is -0.478 e. The quantitative estimate of drug-likeness (QED) is 0.790. The van der Waals surface area contributed by atoms with Crippen LogP contribution in [0.2, 0.25) is 0 Å². The van der Waals surface area contributed by atoms with E-state index in [2.05, 4.69) is 11.5 Å². The largest absolute Gasteiger partial charge is 0.478 e. The van der Waals surface area contributed by atoms with Crippen LogP contribution in [0.4, 0.5) is 0 Å². The van der Waals surface area contributed by atoms with Gasteiger partial charge in [0.05, 0.1) is 12.2 Å². The standard InChI is InChI=1S/C17H23NO3/c1-2-8-17(13-19)9-5-10-18(12-17)11-14-6-3-4-7-15(14)16(20)21/h2-4,6-7,19H,1,5,8-13H2,(H,20,21)/t17-/m1/s1. The van der Waals surface area contributed by atoms with E-state index in [0.29, 0.717) is 12.1 Å². The number of carbonyl (C=O) groups is 1. The zero-order chi connectivity index (χ0) is 15.3. The van der Waals surface area contributed by atoms with Crippen molar-refractivity contribution < 1.29 is 15.0 Å².